The topological polar surface area (TPSA) is 58.6 Å². The van der Waals surface area contributed by atoms with Gasteiger partial charge < -0.3 is 4.74 Å². The molecular formula is C26H29ClN4O2. The van der Waals surface area contributed by atoms with Crippen LogP contribution in [0, 0.1) is 0 Å². The molecule has 1 atom stereocenters. The second kappa shape index (κ2) is 9.89. The number of piperazine rings is 1. The second-order valence-electron chi connectivity index (χ2n) is 9.25. The first-order valence-electron chi connectivity index (χ1n) is 11.1. The fourth-order valence-electron chi connectivity index (χ4n) is 4.07. The molecule has 2 aromatic carbocycles. The van der Waals surface area contributed by atoms with Crippen LogP contribution in [0.2, 0.25) is 5.28 Å². The first-order valence-corrected chi connectivity index (χ1v) is 11.5. The van der Waals surface area contributed by atoms with Gasteiger partial charge in [-0.3, -0.25) is 9.80 Å². The SMILES string of the molecule is CC(C)(C)OC(=O)N1CCN(Cc2cccc(-c3ccnc(Cl)n3)c2)C[C@H]1c1ccccc1. The van der Waals surface area contributed by atoms with Crippen LogP contribution < -0.4 is 0 Å². The molecule has 0 saturated carbocycles. The molecule has 6 nitrogen and oxygen atoms in total. The molecule has 0 aliphatic carbocycles. The molecule has 1 aliphatic heterocycles. The Bertz CT molecular complexity index is 1100. The largest absolute Gasteiger partial charge is 0.444 e. The summed E-state index contributed by atoms with van der Waals surface area (Å²) in [6.07, 6.45) is 1.40. The van der Waals surface area contributed by atoms with Gasteiger partial charge in [0.15, 0.2) is 0 Å². The lowest BCUT2D eigenvalue weighted by atomic mass is 10.0. The summed E-state index contributed by atoms with van der Waals surface area (Å²) in [5.74, 6) is 0. The summed E-state index contributed by atoms with van der Waals surface area (Å²) in [5.41, 5.74) is 3.56. The minimum absolute atomic E-state index is 0.0707. The molecule has 7 heteroatoms. The second-order valence-corrected chi connectivity index (χ2v) is 9.58. The highest BCUT2D eigenvalue weighted by atomic mass is 35.5. The number of carbonyl (C=O) groups is 1. The van der Waals surface area contributed by atoms with Crippen LogP contribution in [0.25, 0.3) is 11.3 Å². The minimum atomic E-state index is -0.528. The summed E-state index contributed by atoms with van der Waals surface area (Å²) < 4.78 is 5.70. The van der Waals surface area contributed by atoms with Crippen molar-refractivity contribution in [2.45, 2.75) is 39.0 Å². The van der Waals surface area contributed by atoms with Gasteiger partial charge in [-0.1, -0.05) is 48.5 Å². The predicted octanol–water partition coefficient (Wildman–Crippen LogP) is 5.59. The quantitative estimate of drug-likeness (QED) is 0.471. The number of carbonyl (C=O) groups excluding carboxylic acids is 1. The van der Waals surface area contributed by atoms with E-state index in [0.717, 1.165) is 36.5 Å². The smallest absolute Gasteiger partial charge is 0.410 e. The number of rotatable bonds is 4. The van der Waals surface area contributed by atoms with Crippen molar-refractivity contribution in [3.05, 3.63) is 83.3 Å². The first kappa shape index (κ1) is 23.2. The minimum Gasteiger partial charge on any atom is -0.444 e. The average molecular weight is 465 g/mol. The number of hydrogen-bond donors (Lipinski definition) is 0. The summed E-state index contributed by atoms with van der Waals surface area (Å²) in [4.78, 5) is 25.5. The zero-order valence-electron chi connectivity index (χ0n) is 19.2. The molecule has 1 fully saturated rings. The Balaban J connectivity index is 1.52. The van der Waals surface area contributed by atoms with Crippen LogP contribution in [-0.2, 0) is 11.3 Å². The maximum absolute atomic E-state index is 13.0. The summed E-state index contributed by atoms with van der Waals surface area (Å²) >= 11 is 5.97. The average Bonchev–Trinajstić information content (AvgIpc) is 2.79. The maximum Gasteiger partial charge on any atom is 0.410 e. The molecule has 0 bridgehead atoms. The third-order valence-corrected chi connectivity index (χ3v) is 5.71. The van der Waals surface area contributed by atoms with E-state index in [9.17, 15) is 4.79 Å². The number of aromatic nitrogens is 2. The van der Waals surface area contributed by atoms with Gasteiger partial charge in [-0.15, -0.1) is 0 Å². The zero-order chi connectivity index (χ0) is 23.4. The third kappa shape index (κ3) is 6.09. The summed E-state index contributed by atoms with van der Waals surface area (Å²) in [6.45, 7) is 8.58. The van der Waals surface area contributed by atoms with Gasteiger partial charge >= 0.3 is 6.09 Å². The van der Waals surface area contributed by atoms with Crippen molar-refractivity contribution in [2.24, 2.45) is 0 Å². The molecule has 2 heterocycles. The van der Waals surface area contributed by atoms with E-state index in [0.29, 0.717) is 6.54 Å². The lowest BCUT2D eigenvalue weighted by molar-refractivity contribution is -0.00298. The predicted molar refractivity (Wildman–Crippen MR) is 130 cm³/mol. The van der Waals surface area contributed by atoms with Gasteiger partial charge in [-0.2, -0.15) is 0 Å². The first-order chi connectivity index (χ1) is 15.8. The lowest BCUT2D eigenvalue weighted by Gasteiger charge is -2.42. The van der Waals surface area contributed by atoms with Crippen LogP contribution in [0.3, 0.4) is 0 Å². The molecule has 0 spiro atoms. The normalized spacial score (nSPS) is 17.1. The van der Waals surface area contributed by atoms with Crippen molar-refractivity contribution in [1.82, 2.24) is 19.8 Å². The van der Waals surface area contributed by atoms with E-state index in [1.54, 1.807) is 6.20 Å². The number of hydrogen-bond acceptors (Lipinski definition) is 5. The van der Waals surface area contributed by atoms with Crippen molar-refractivity contribution < 1.29 is 9.53 Å². The van der Waals surface area contributed by atoms with Crippen molar-refractivity contribution in [3.63, 3.8) is 0 Å². The Morgan fingerprint density at radius 3 is 2.61 bits per heavy atom. The van der Waals surface area contributed by atoms with Gasteiger partial charge in [0.1, 0.15) is 5.60 Å². The molecule has 0 N–H and O–H groups in total. The molecule has 0 radical (unpaired) electrons. The highest BCUT2D eigenvalue weighted by molar-refractivity contribution is 6.28. The molecule has 0 unspecified atom stereocenters. The molecule has 1 aromatic heterocycles. The molecule has 3 aromatic rings. The van der Waals surface area contributed by atoms with E-state index in [2.05, 4.69) is 39.1 Å². The van der Waals surface area contributed by atoms with Gasteiger partial charge in [0.2, 0.25) is 5.28 Å². The van der Waals surface area contributed by atoms with E-state index >= 15 is 0 Å². The third-order valence-electron chi connectivity index (χ3n) is 5.53. The molecule has 1 aliphatic rings. The molecule has 1 saturated heterocycles. The lowest BCUT2D eigenvalue weighted by Crippen LogP contribution is -2.51. The van der Waals surface area contributed by atoms with E-state index in [4.69, 9.17) is 16.3 Å². The van der Waals surface area contributed by atoms with Gasteiger partial charge in [-0.05, 0) is 55.6 Å². The Kier molecular flexibility index (Phi) is 6.96. The number of benzene rings is 2. The number of halogens is 1. The van der Waals surface area contributed by atoms with Crippen molar-refractivity contribution in [1.29, 1.82) is 0 Å². The zero-order valence-corrected chi connectivity index (χ0v) is 20.0. The number of amides is 1. The van der Waals surface area contributed by atoms with Crippen molar-refractivity contribution in [2.75, 3.05) is 19.6 Å². The Labute approximate surface area is 200 Å². The van der Waals surface area contributed by atoms with Gasteiger partial charge in [0.05, 0.1) is 11.7 Å². The Morgan fingerprint density at radius 1 is 1.09 bits per heavy atom. The van der Waals surface area contributed by atoms with E-state index in [1.807, 2.05) is 62.1 Å². The van der Waals surface area contributed by atoms with Crippen LogP contribution in [0.15, 0.2) is 66.9 Å². The van der Waals surface area contributed by atoms with Crippen molar-refractivity contribution in [3.8, 4) is 11.3 Å². The van der Waals surface area contributed by atoms with Crippen LogP contribution in [0.5, 0.6) is 0 Å². The monoisotopic (exact) mass is 464 g/mol. The van der Waals surface area contributed by atoms with Crippen LogP contribution in [0.4, 0.5) is 4.79 Å². The summed E-state index contributed by atoms with van der Waals surface area (Å²) in [6, 6.07) is 20.3. The van der Waals surface area contributed by atoms with E-state index in [-0.39, 0.29) is 17.4 Å². The van der Waals surface area contributed by atoms with Crippen molar-refractivity contribution >= 4 is 17.7 Å². The molecule has 33 heavy (non-hydrogen) atoms. The Morgan fingerprint density at radius 2 is 1.88 bits per heavy atom. The highest BCUT2D eigenvalue weighted by Gasteiger charge is 2.34. The van der Waals surface area contributed by atoms with Crippen LogP contribution in [-0.4, -0.2) is 51.1 Å². The summed E-state index contributed by atoms with van der Waals surface area (Å²) in [7, 11) is 0. The van der Waals surface area contributed by atoms with E-state index in [1.165, 1.54) is 5.56 Å². The summed E-state index contributed by atoms with van der Waals surface area (Å²) in [5, 5.41) is 0.238. The number of nitrogens with zero attached hydrogens (tertiary/aromatic N) is 4. The standard InChI is InChI=1S/C26H29ClN4O2/c1-26(2,3)33-25(32)31-15-14-30(18-23(31)20-9-5-4-6-10-20)17-19-8-7-11-21(16-19)22-12-13-28-24(27)29-22/h4-13,16,23H,14-15,17-18H2,1-3H3/t23-/m0/s1. The van der Waals surface area contributed by atoms with Gasteiger partial charge in [0, 0.05) is 37.9 Å². The molecular weight excluding hydrogens is 436 g/mol. The van der Waals surface area contributed by atoms with Crippen LogP contribution >= 0.6 is 11.6 Å². The molecule has 4 rings (SSSR count). The maximum atomic E-state index is 13.0. The molecule has 172 valence electrons. The number of ether oxygens (including phenoxy) is 1. The Hall–Kier alpha value is -2.96. The fourth-order valence-corrected chi connectivity index (χ4v) is 4.21. The highest BCUT2D eigenvalue weighted by Crippen LogP contribution is 2.29. The van der Waals surface area contributed by atoms with Crippen LogP contribution in [0.1, 0.15) is 37.9 Å². The fraction of sp³-hybridized carbons (Fsp3) is 0.346. The molecule has 1 amide bonds. The van der Waals surface area contributed by atoms with Gasteiger partial charge in [-0.25, -0.2) is 14.8 Å². The van der Waals surface area contributed by atoms with Gasteiger partial charge in [0.25, 0.3) is 0 Å². The van der Waals surface area contributed by atoms with E-state index < -0.39 is 5.60 Å².